The molecule has 0 aliphatic rings. The molecule has 0 saturated carbocycles. The predicted molar refractivity (Wildman–Crippen MR) is 52.7 cm³/mol. The third-order valence-electron chi connectivity index (χ3n) is 1.60. The molecular weight excluding hydrogens is 170 g/mol. The van der Waals surface area contributed by atoms with E-state index in [1.165, 1.54) is 11.3 Å². The molecule has 0 unspecified atom stereocenters. The maximum atomic E-state index is 10.6. The van der Waals surface area contributed by atoms with Crippen molar-refractivity contribution in [3.05, 3.63) is 16.5 Å². The maximum absolute atomic E-state index is 10.6. The van der Waals surface area contributed by atoms with Crippen LogP contribution in [-0.4, -0.2) is 6.29 Å². The van der Waals surface area contributed by atoms with E-state index in [4.69, 9.17) is 5.73 Å². The van der Waals surface area contributed by atoms with Gasteiger partial charge in [-0.05, 0) is 24.0 Å². The van der Waals surface area contributed by atoms with Gasteiger partial charge in [0.25, 0.3) is 0 Å². The van der Waals surface area contributed by atoms with E-state index >= 15 is 0 Å². The van der Waals surface area contributed by atoms with Crippen molar-refractivity contribution in [1.82, 2.24) is 0 Å². The Morgan fingerprint density at radius 2 is 2.33 bits per heavy atom. The minimum atomic E-state index is 0.567. The highest BCUT2D eigenvalue weighted by Crippen LogP contribution is 2.24. The van der Waals surface area contributed by atoms with Gasteiger partial charge < -0.3 is 5.73 Å². The first kappa shape index (κ1) is 9.26. The van der Waals surface area contributed by atoms with Crippen molar-refractivity contribution >= 4 is 22.6 Å². The average Bonchev–Trinajstić information content (AvgIpc) is 2.29. The maximum Gasteiger partial charge on any atom is 0.160 e. The lowest BCUT2D eigenvalue weighted by molar-refractivity contribution is 0.112. The number of carbonyl (C=O) groups excluding carboxylic acids is 1. The van der Waals surface area contributed by atoms with E-state index in [2.05, 4.69) is 13.8 Å². The Labute approximate surface area is 76.4 Å². The number of nitrogens with two attached hydrogens (primary N) is 1. The molecule has 0 radical (unpaired) electrons. The Hall–Kier alpha value is -0.830. The summed E-state index contributed by atoms with van der Waals surface area (Å²) in [4.78, 5) is 11.4. The highest BCUT2D eigenvalue weighted by molar-refractivity contribution is 7.17. The summed E-state index contributed by atoms with van der Waals surface area (Å²) in [5.41, 5.74) is 6.68. The van der Waals surface area contributed by atoms with Crippen LogP contribution >= 0.6 is 11.3 Å². The normalized spacial score (nSPS) is 10.6. The summed E-state index contributed by atoms with van der Waals surface area (Å²) in [6.45, 7) is 4.25. The van der Waals surface area contributed by atoms with Gasteiger partial charge in [0.05, 0.1) is 9.88 Å². The molecule has 0 aliphatic carbocycles. The fourth-order valence-electron chi connectivity index (χ4n) is 1.16. The van der Waals surface area contributed by atoms with Gasteiger partial charge in [-0.3, -0.25) is 4.79 Å². The largest absolute Gasteiger partial charge is 0.391 e. The predicted octanol–water partition coefficient (Wildman–Crippen LogP) is 2.34. The summed E-state index contributed by atoms with van der Waals surface area (Å²) in [6.07, 6.45) is 1.82. The molecule has 1 aromatic heterocycles. The van der Waals surface area contributed by atoms with Crippen molar-refractivity contribution < 1.29 is 4.79 Å². The van der Waals surface area contributed by atoms with Crippen molar-refractivity contribution in [2.45, 2.75) is 20.3 Å². The second-order valence-electron chi connectivity index (χ2n) is 3.25. The third kappa shape index (κ3) is 2.08. The molecule has 0 amide bonds. The van der Waals surface area contributed by atoms with Crippen LogP contribution in [0, 0.1) is 5.92 Å². The molecule has 1 aromatic rings. The van der Waals surface area contributed by atoms with E-state index in [1.807, 2.05) is 6.07 Å². The molecule has 12 heavy (non-hydrogen) atoms. The Kier molecular flexibility index (Phi) is 2.87. The first-order valence-electron chi connectivity index (χ1n) is 3.97. The zero-order valence-electron chi connectivity index (χ0n) is 7.33. The topological polar surface area (TPSA) is 43.1 Å². The zero-order valence-corrected chi connectivity index (χ0v) is 8.15. The van der Waals surface area contributed by atoms with E-state index in [-0.39, 0.29) is 0 Å². The lowest BCUT2D eigenvalue weighted by atomic mass is 10.0. The van der Waals surface area contributed by atoms with Gasteiger partial charge in [0, 0.05) is 0 Å². The molecule has 0 spiro atoms. The second-order valence-corrected chi connectivity index (χ2v) is 4.37. The standard InChI is InChI=1S/C9H13NOS/c1-6(2)3-7-4-9(10)12-8(7)5-11/h4-6H,3,10H2,1-2H3. The fraction of sp³-hybridized carbons (Fsp3) is 0.444. The van der Waals surface area contributed by atoms with Crippen molar-refractivity contribution in [3.63, 3.8) is 0 Å². The average molecular weight is 183 g/mol. The van der Waals surface area contributed by atoms with Crippen LogP contribution in [0.1, 0.15) is 29.1 Å². The second kappa shape index (κ2) is 3.72. The van der Waals surface area contributed by atoms with Gasteiger partial charge >= 0.3 is 0 Å². The molecular formula is C9H13NOS. The third-order valence-corrected chi connectivity index (χ3v) is 2.53. The first-order chi connectivity index (χ1) is 5.63. The Balaban J connectivity index is 2.89. The summed E-state index contributed by atoms with van der Waals surface area (Å²) >= 11 is 1.37. The summed E-state index contributed by atoms with van der Waals surface area (Å²) < 4.78 is 0. The van der Waals surface area contributed by atoms with Crippen LogP contribution in [-0.2, 0) is 6.42 Å². The summed E-state index contributed by atoms with van der Waals surface area (Å²) in [7, 11) is 0. The summed E-state index contributed by atoms with van der Waals surface area (Å²) in [5.74, 6) is 0.567. The Morgan fingerprint density at radius 1 is 1.67 bits per heavy atom. The quantitative estimate of drug-likeness (QED) is 0.731. The number of nitrogen functional groups attached to an aromatic ring is 1. The lowest BCUT2D eigenvalue weighted by Crippen LogP contribution is -1.94. The van der Waals surface area contributed by atoms with E-state index in [0.29, 0.717) is 5.92 Å². The molecule has 0 atom stereocenters. The summed E-state index contributed by atoms with van der Waals surface area (Å²) in [6, 6.07) is 1.90. The van der Waals surface area contributed by atoms with Gasteiger partial charge in [-0.1, -0.05) is 13.8 Å². The number of carbonyl (C=O) groups is 1. The van der Waals surface area contributed by atoms with Gasteiger partial charge in [0.1, 0.15) is 0 Å². The van der Waals surface area contributed by atoms with Crippen LogP contribution in [0.25, 0.3) is 0 Å². The monoisotopic (exact) mass is 183 g/mol. The number of thiophene rings is 1. The molecule has 2 nitrogen and oxygen atoms in total. The molecule has 2 N–H and O–H groups in total. The van der Waals surface area contributed by atoms with Crippen LogP contribution in [0.2, 0.25) is 0 Å². The minimum Gasteiger partial charge on any atom is -0.391 e. The number of rotatable bonds is 3. The number of anilines is 1. The van der Waals surface area contributed by atoms with Crippen molar-refractivity contribution in [1.29, 1.82) is 0 Å². The molecule has 3 heteroatoms. The molecule has 0 fully saturated rings. The zero-order chi connectivity index (χ0) is 9.14. The van der Waals surface area contributed by atoms with Gasteiger partial charge in [0.2, 0.25) is 0 Å². The SMILES string of the molecule is CC(C)Cc1cc(N)sc1C=O. The Bertz CT molecular complexity index is 278. The first-order valence-corrected chi connectivity index (χ1v) is 4.78. The molecule has 1 heterocycles. The number of aldehydes is 1. The number of hydrogen-bond donors (Lipinski definition) is 1. The van der Waals surface area contributed by atoms with Crippen LogP contribution in [0.5, 0.6) is 0 Å². The van der Waals surface area contributed by atoms with E-state index < -0.39 is 0 Å². The van der Waals surface area contributed by atoms with Gasteiger partial charge in [0.15, 0.2) is 6.29 Å². The van der Waals surface area contributed by atoms with E-state index in [1.54, 1.807) is 0 Å². The van der Waals surface area contributed by atoms with Gasteiger partial charge in [-0.15, -0.1) is 11.3 Å². The number of hydrogen-bond acceptors (Lipinski definition) is 3. The van der Waals surface area contributed by atoms with Crippen molar-refractivity contribution in [3.8, 4) is 0 Å². The molecule has 0 bridgehead atoms. The van der Waals surface area contributed by atoms with Crippen LogP contribution in [0.3, 0.4) is 0 Å². The van der Waals surface area contributed by atoms with Crippen LogP contribution in [0.4, 0.5) is 5.00 Å². The molecule has 0 saturated heterocycles. The lowest BCUT2D eigenvalue weighted by Gasteiger charge is -2.01. The van der Waals surface area contributed by atoms with Crippen LogP contribution in [0.15, 0.2) is 6.07 Å². The summed E-state index contributed by atoms with van der Waals surface area (Å²) in [5, 5.41) is 0.729. The highest BCUT2D eigenvalue weighted by atomic mass is 32.1. The van der Waals surface area contributed by atoms with E-state index in [0.717, 1.165) is 28.1 Å². The molecule has 66 valence electrons. The Morgan fingerprint density at radius 3 is 2.83 bits per heavy atom. The van der Waals surface area contributed by atoms with E-state index in [9.17, 15) is 4.79 Å². The van der Waals surface area contributed by atoms with Crippen LogP contribution < -0.4 is 5.73 Å². The molecule has 0 aliphatic heterocycles. The highest BCUT2D eigenvalue weighted by Gasteiger charge is 2.07. The molecule has 0 aromatic carbocycles. The van der Waals surface area contributed by atoms with Crippen molar-refractivity contribution in [2.24, 2.45) is 5.92 Å². The molecule has 1 rings (SSSR count). The smallest absolute Gasteiger partial charge is 0.160 e. The fourth-order valence-corrected chi connectivity index (χ4v) is 1.94. The van der Waals surface area contributed by atoms with Crippen molar-refractivity contribution in [2.75, 3.05) is 5.73 Å². The minimum absolute atomic E-state index is 0.567. The van der Waals surface area contributed by atoms with Gasteiger partial charge in [-0.2, -0.15) is 0 Å². The van der Waals surface area contributed by atoms with Gasteiger partial charge in [-0.25, -0.2) is 0 Å².